The summed E-state index contributed by atoms with van der Waals surface area (Å²) in [6.07, 6.45) is 1.61. The van der Waals surface area contributed by atoms with Gasteiger partial charge < -0.3 is 9.73 Å². The molecular weight excluding hydrogens is 351 g/mol. The van der Waals surface area contributed by atoms with Crippen LogP contribution in [0.1, 0.15) is 22.6 Å². The molecule has 1 N–H and O–H groups in total. The summed E-state index contributed by atoms with van der Waals surface area (Å²) in [7, 11) is 0. The van der Waals surface area contributed by atoms with Crippen LogP contribution >= 0.6 is 23.2 Å². The number of nitrogens with one attached hydrogen (secondary N) is 1. The minimum absolute atomic E-state index is 0.0708. The van der Waals surface area contributed by atoms with Gasteiger partial charge in [-0.1, -0.05) is 29.3 Å². The Bertz CT molecular complexity index is 871. The molecule has 0 spiro atoms. The molecule has 24 heavy (non-hydrogen) atoms. The molecule has 1 aromatic heterocycles. The van der Waals surface area contributed by atoms with E-state index in [2.05, 4.69) is 5.32 Å². The zero-order valence-electron chi connectivity index (χ0n) is 13.0. The Morgan fingerprint density at radius 1 is 1.21 bits per heavy atom. The van der Waals surface area contributed by atoms with E-state index in [0.29, 0.717) is 21.4 Å². The zero-order valence-corrected chi connectivity index (χ0v) is 14.5. The fourth-order valence-electron chi connectivity index (χ4n) is 2.48. The van der Waals surface area contributed by atoms with Gasteiger partial charge in [-0.25, -0.2) is 4.79 Å². The zero-order chi connectivity index (χ0) is 17.4. The number of carbonyl (C=O) groups excluding carboxylic acids is 2. The van der Waals surface area contributed by atoms with Crippen LogP contribution in [0.25, 0.3) is 6.08 Å². The standard InChI is InChI=1S/C17H14Cl2N2O3/c1-9-5-12(10(2)24-9)6-15-16(22)21(17(23)20-15)8-11-3-4-13(18)7-14(11)19/h3-7H,8H2,1-2H3,(H,20,23)/b15-6-. The van der Waals surface area contributed by atoms with Gasteiger partial charge in [0.05, 0.1) is 6.54 Å². The number of carbonyl (C=O) groups is 2. The molecule has 5 nitrogen and oxygen atoms in total. The average Bonchev–Trinajstić information content (AvgIpc) is 2.95. The van der Waals surface area contributed by atoms with Crippen molar-refractivity contribution in [2.75, 3.05) is 0 Å². The lowest BCUT2D eigenvalue weighted by molar-refractivity contribution is -0.123. The summed E-state index contributed by atoms with van der Waals surface area (Å²) in [4.78, 5) is 25.7. The number of hydrogen-bond donors (Lipinski definition) is 1. The second kappa shape index (κ2) is 6.34. The minimum atomic E-state index is -0.491. The first kappa shape index (κ1) is 16.6. The van der Waals surface area contributed by atoms with Gasteiger partial charge >= 0.3 is 6.03 Å². The topological polar surface area (TPSA) is 62.6 Å². The molecule has 3 amide bonds. The quantitative estimate of drug-likeness (QED) is 0.652. The Labute approximate surface area is 148 Å². The van der Waals surface area contributed by atoms with Crippen molar-refractivity contribution in [3.05, 3.63) is 62.7 Å². The molecule has 0 atom stereocenters. The minimum Gasteiger partial charge on any atom is -0.466 e. The number of hydrogen-bond acceptors (Lipinski definition) is 3. The molecule has 124 valence electrons. The van der Waals surface area contributed by atoms with Crippen LogP contribution in [0.15, 0.2) is 34.4 Å². The summed E-state index contributed by atoms with van der Waals surface area (Å²) >= 11 is 12.0. The molecule has 2 heterocycles. The molecule has 3 rings (SSSR count). The van der Waals surface area contributed by atoms with Crippen molar-refractivity contribution in [3.8, 4) is 0 Å². The fraction of sp³-hybridized carbons (Fsp3) is 0.176. The van der Waals surface area contributed by atoms with Crippen molar-refractivity contribution in [1.82, 2.24) is 10.2 Å². The molecule has 0 unspecified atom stereocenters. The summed E-state index contributed by atoms with van der Waals surface area (Å²) in [5, 5.41) is 3.47. The highest BCUT2D eigenvalue weighted by Gasteiger charge is 2.34. The van der Waals surface area contributed by atoms with Gasteiger partial charge in [-0.05, 0) is 43.7 Å². The van der Waals surface area contributed by atoms with E-state index in [1.54, 1.807) is 37.3 Å². The van der Waals surface area contributed by atoms with Gasteiger partial charge in [0.15, 0.2) is 0 Å². The number of halogens is 2. The maximum atomic E-state index is 12.5. The highest BCUT2D eigenvalue weighted by Crippen LogP contribution is 2.25. The number of rotatable bonds is 3. The summed E-state index contributed by atoms with van der Waals surface area (Å²) < 4.78 is 5.42. The van der Waals surface area contributed by atoms with Crippen LogP contribution in [-0.4, -0.2) is 16.8 Å². The van der Waals surface area contributed by atoms with Crippen molar-refractivity contribution in [1.29, 1.82) is 0 Å². The van der Waals surface area contributed by atoms with E-state index >= 15 is 0 Å². The number of urea groups is 1. The maximum Gasteiger partial charge on any atom is 0.329 e. The third kappa shape index (κ3) is 3.18. The SMILES string of the molecule is Cc1cc(/C=C2\NC(=O)N(Cc3ccc(Cl)cc3Cl)C2=O)c(C)o1. The number of furan rings is 1. The molecule has 0 radical (unpaired) electrons. The van der Waals surface area contributed by atoms with E-state index < -0.39 is 11.9 Å². The van der Waals surface area contributed by atoms with Crippen LogP contribution in [0.5, 0.6) is 0 Å². The highest BCUT2D eigenvalue weighted by atomic mass is 35.5. The summed E-state index contributed by atoms with van der Waals surface area (Å²) in [6, 6.07) is 6.24. The van der Waals surface area contributed by atoms with Gasteiger partial charge in [0.1, 0.15) is 17.2 Å². The summed E-state index contributed by atoms with van der Waals surface area (Å²) in [6.45, 7) is 3.69. The second-order valence-corrected chi connectivity index (χ2v) is 6.33. The van der Waals surface area contributed by atoms with Crippen LogP contribution in [-0.2, 0) is 11.3 Å². The van der Waals surface area contributed by atoms with E-state index in [1.807, 2.05) is 6.92 Å². The smallest absolute Gasteiger partial charge is 0.329 e. The third-order valence-electron chi connectivity index (χ3n) is 3.69. The van der Waals surface area contributed by atoms with E-state index in [1.165, 1.54) is 0 Å². The Morgan fingerprint density at radius 3 is 2.58 bits per heavy atom. The Kier molecular flexibility index (Phi) is 4.39. The first-order valence-corrected chi connectivity index (χ1v) is 7.96. The number of imide groups is 1. The van der Waals surface area contributed by atoms with Crippen LogP contribution in [0.4, 0.5) is 4.79 Å². The fourth-order valence-corrected chi connectivity index (χ4v) is 2.95. The van der Waals surface area contributed by atoms with Gasteiger partial charge in [0.2, 0.25) is 0 Å². The van der Waals surface area contributed by atoms with Crippen molar-refractivity contribution >= 4 is 41.2 Å². The predicted molar refractivity (Wildman–Crippen MR) is 91.7 cm³/mol. The van der Waals surface area contributed by atoms with E-state index in [9.17, 15) is 9.59 Å². The molecule has 0 aliphatic carbocycles. The molecular formula is C17H14Cl2N2O3. The summed E-state index contributed by atoms with van der Waals surface area (Å²) in [5.41, 5.74) is 1.60. The lowest BCUT2D eigenvalue weighted by atomic mass is 10.2. The molecule has 0 saturated carbocycles. The van der Waals surface area contributed by atoms with E-state index in [4.69, 9.17) is 27.6 Å². The predicted octanol–water partition coefficient (Wildman–Crippen LogP) is 4.30. The van der Waals surface area contributed by atoms with Crippen LogP contribution in [0, 0.1) is 13.8 Å². The third-order valence-corrected chi connectivity index (χ3v) is 4.27. The number of amides is 3. The van der Waals surface area contributed by atoms with Crippen molar-refractivity contribution in [3.63, 3.8) is 0 Å². The largest absolute Gasteiger partial charge is 0.466 e. The lowest BCUT2D eigenvalue weighted by Gasteiger charge is -2.13. The Balaban J connectivity index is 1.85. The van der Waals surface area contributed by atoms with Crippen molar-refractivity contribution in [2.45, 2.75) is 20.4 Å². The maximum absolute atomic E-state index is 12.5. The number of nitrogens with zero attached hydrogens (tertiary/aromatic N) is 1. The van der Waals surface area contributed by atoms with Crippen molar-refractivity contribution < 1.29 is 14.0 Å². The monoisotopic (exact) mass is 364 g/mol. The van der Waals surface area contributed by atoms with Gasteiger partial charge in [-0.15, -0.1) is 0 Å². The van der Waals surface area contributed by atoms with Crippen LogP contribution < -0.4 is 5.32 Å². The van der Waals surface area contributed by atoms with E-state index in [0.717, 1.165) is 16.2 Å². The normalized spacial score (nSPS) is 16.2. The first-order chi connectivity index (χ1) is 11.3. The molecule has 2 aromatic rings. The average molecular weight is 365 g/mol. The van der Waals surface area contributed by atoms with Gasteiger partial charge in [0.25, 0.3) is 5.91 Å². The Morgan fingerprint density at radius 2 is 1.96 bits per heavy atom. The lowest BCUT2D eigenvalue weighted by Crippen LogP contribution is -2.30. The number of aryl methyl sites for hydroxylation is 2. The van der Waals surface area contributed by atoms with Crippen molar-refractivity contribution in [2.24, 2.45) is 0 Å². The molecule has 0 bridgehead atoms. The second-order valence-electron chi connectivity index (χ2n) is 5.48. The summed E-state index contributed by atoms with van der Waals surface area (Å²) in [5.74, 6) is 1.01. The first-order valence-electron chi connectivity index (χ1n) is 7.20. The van der Waals surface area contributed by atoms with Gasteiger partial charge in [0, 0.05) is 15.6 Å². The van der Waals surface area contributed by atoms with Gasteiger partial charge in [-0.3, -0.25) is 9.69 Å². The highest BCUT2D eigenvalue weighted by molar-refractivity contribution is 6.35. The van der Waals surface area contributed by atoms with Crippen LogP contribution in [0.2, 0.25) is 10.0 Å². The molecule has 1 aliphatic heterocycles. The van der Waals surface area contributed by atoms with Gasteiger partial charge in [-0.2, -0.15) is 0 Å². The van der Waals surface area contributed by atoms with Crippen LogP contribution in [0.3, 0.4) is 0 Å². The Hall–Kier alpha value is -2.24. The number of benzene rings is 1. The molecule has 7 heteroatoms. The van der Waals surface area contributed by atoms with E-state index in [-0.39, 0.29) is 12.2 Å². The molecule has 1 saturated heterocycles. The molecule has 1 aliphatic rings. The molecule has 1 aromatic carbocycles. The molecule has 1 fully saturated rings.